The van der Waals surface area contributed by atoms with Crippen molar-refractivity contribution >= 4 is 28.1 Å². The number of amides is 1. The number of halogens is 3. The normalized spacial score (nSPS) is 12.1. The van der Waals surface area contributed by atoms with Gasteiger partial charge in [-0.1, -0.05) is 0 Å². The van der Waals surface area contributed by atoms with Crippen LogP contribution in [-0.4, -0.2) is 29.7 Å². The number of carbonyl (C=O) groups excluding carboxylic acids is 1. The molecule has 0 aliphatic heterocycles. The van der Waals surface area contributed by atoms with Gasteiger partial charge in [0.2, 0.25) is 0 Å². The average Bonchev–Trinajstić information content (AvgIpc) is 3.36. The summed E-state index contributed by atoms with van der Waals surface area (Å²) in [6.07, 6.45) is 3.02. The number of fused-ring (bicyclic) bond motifs is 4. The Hall–Kier alpha value is -3.95. The van der Waals surface area contributed by atoms with E-state index in [2.05, 4.69) is 20.3 Å². The Bertz CT molecular complexity index is 1420. The molecule has 0 saturated carbocycles. The molecule has 0 aliphatic carbocycles. The number of carbonyl (C=O) groups is 1. The van der Waals surface area contributed by atoms with Crippen LogP contribution in [-0.2, 0) is 12.7 Å². The van der Waals surface area contributed by atoms with E-state index in [1.807, 2.05) is 4.40 Å². The van der Waals surface area contributed by atoms with Crippen LogP contribution in [0.15, 0.2) is 61.4 Å². The molecule has 0 saturated heterocycles. The van der Waals surface area contributed by atoms with Gasteiger partial charge in [-0.2, -0.15) is 13.2 Å². The first-order valence-corrected chi connectivity index (χ1v) is 8.92. The fraction of sp³-hybridized carbons (Fsp3) is 0.100. The second-order valence-electron chi connectivity index (χ2n) is 6.75. The van der Waals surface area contributed by atoms with Crippen molar-refractivity contribution in [2.45, 2.75) is 12.7 Å². The maximum absolute atomic E-state index is 12.9. The quantitative estimate of drug-likeness (QED) is 0.494. The summed E-state index contributed by atoms with van der Waals surface area (Å²) >= 11 is 0. The average molecular weight is 410 g/mol. The number of rotatable bonds is 3. The van der Waals surface area contributed by atoms with Gasteiger partial charge in [0.15, 0.2) is 0 Å². The van der Waals surface area contributed by atoms with Gasteiger partial charge in [-0.05, 0) is 30.3 Å². The molecule has 1 amide bonds. The molecule has 1 aromatic carbocycles. The topological polar surface area (TPSA) is 76.6 Å². The number of hydrogen-bond donors (Lipinski definition) is 1. The Labute approximate surface area is 166 Å². The van der Waals surface area contributed by atoms with E-state index in [9.17, 15) is 18.0 Å². The number of pyridine rings is 1. The van der Waals surface area contributed by atoms with E-state index in [1.165, 1.54) is 16.7 Å². The Kier molecular flexibility index (Phi) is 3.95. The number of benzene rings is 1. The van der Waals surface area contributed by atoms with E-state index >= 15 is 0 Å². The molecule has 0 bridgehead atoms. The lowest BCUT2D eigenvalue weighted by atomic mass is 10.1. The molecule has 0 radical (unpaired) electrons. The van der Waals surface area contributed by atoms with Gasteiger partial charge in [-0.15, -0.1) is 0 Å². The largest absolute Gasteiger partial charge is 0.417 e. The van der Waals surface area contributed by atoms with Gasteiger partial charge >= 0.3 is 6.18 Å². The summed E-state index contributed by atoms with van der Waals surface area (Å²) in [6, 6.07) is 7.39. The molecule has 0 aliphatic rings. The van der Waals surface area contributed by atoms with Gasteiger partial charge in [0.1, 0.15) is 5.65 Å². The second kappa shape index (κ2) is 6.55. The van der Waals surface area contributed by atoms with Crippen molar-refractivity contribution in [1.82, 2.24) is 29.1 Å². The van der Waals surface area contributed by atoms with Crippen LogP contribution in [0, 0.1) is 0 Å². The van der Waals surface area contributed by atoms with Gasteiger partial charge in [0, 0.05) is 18.0 Å². The van der Waals surface area contributed by atoms with Gasteiger partial charge in [0.05, 0.1) is 53.1 Å². The molecule has 150 valence electrons. The van der Waals surface area contributed by atoms with Crippen molar-refractivity contribution in [3.05, 3.63) is 78.3 Å². The number of alkyl halides is 3. The maximum atomic E-state index is 12.9. The highest BCUT2D eigenvalue weighted by atomic mass is 19.4. The van der Waals surface area contributed by atoms with Crippen molar-refractivity contribution in [2.75, 3.05) is 0 Å². The highest BCUT2D eigenvalue weighted by molar-refractivity contribution is 5.97. The van der Waals surface area contributed by atoms with E-state index in [0.717, 1.165) is 28.8 Å². The Morgan fingerprint density at radius 2 is 1.97 bits per heavy atom. The molecule has 4 heterocycles. The molecule has 5 rings (SSSR count). The van der Waals surface area contributed by atoms with Crippen LogP contribution in [0.25, 0.3) is 22.2 Å². The third kappa shape index (κ3) is 3.11. The molecule has 10 heteroatoms. The van der Waals surface area contributed by atoms with Crippen LogP contribution in [0.1, 0.15) is 21.6 Å². The lowest BCUT2D eigenvalue weighted by Crippen LogP contribution is -2.23. The molecule has 4 aromatic heterocycles. The van der Waals surface area contributed by atoms with E-state index < -0.39 is 11.7 Å². The molecule has 7 nitrogen and oxygen atoms in total. The van der Waals surface area contributed by atoms with Crippen molar-refractivity contribution in [3.63, 3.8) is 0 Å². The van der Waals surface area contributed by atoms with Gasteiger partial charge in [-0.25, -0.2) is 9.97 Å². The third-order valence-corrected chi connectivity index (χ3v) is 4.76. The number of hydrogen-bond acceptors (Lipinski definition) is 4. The SMILES string of the molecule is O=C(NCc1cn2cc(C(F)(F)F)ccc2n1)c1ccc2ncc3cncn3c2c1. The first-order valence-electron chi connectivity index (χ1n) is 8.92. The minimum absolute atomic E-state index is 0.0768. The zero-order valence-electron chi connectivity index (χ0n) is 15.3. The van der Waals surface area contributed by atoms with E-state index in [4.69, 9.17) is 0 Å². The van der Waals surface area contributed by atoms with Crippen molar-refractivity contribution < 1.29 is 18.0 Å². The first-order chi connectivity index (χ1) is 14.4. The number of nitrogens with one attached hydrogen (secondary N) is 1. The van der Waals surface area contributed by atoms with Gasteiger partial charge in [0.25, 0.3) is 5.91 Å². The lowest BCUT2D eigenvalue weighted by Gasteiger charge is -2.06. The zero-order valence-corrected chi connectivity index (χ0v) is 15.3. The fourth-order valence-corrected chi connectivity index (χ4v) is 3.27. The Morgan fingerprint density at radius 3 is 2.80 bits per heavy atom. The highest BCUT2D eigenvalue weighted by Gasteiger charge is 2.30. The summed E-state index contributed by atoms with van der Waals surface area (Å²) in [5.74, 6) is -0.331. The maximum Gasteiger partial charge on any atom is 0.417 e. The molecule has 0 unspecified atom stereocenters. The predicted molar refractivity (Wildman–Crippen MR) is 102 cm³/mol. The van der Waals surface area contributed by atoms with Crippen molar-refractivity contribution in [3.8, 4) is 0 Å². The predicted octanol–water partition coefficient (Wildman–Crippen LogP) is 3.48. The summed E-state index contributed by atoms with van der Waals surface area (Å²) in [7, 11) is 0. The molecule has 0 spiro atoms. The van der Waals surface area contributed by atoms with Crippen molar-refractivity contribution in [1.29, 1.82) is 0 Å². The van der Waals surface area contributed by atoms with E-state index in [1.54, 1.807) is 36.9 Å². The summed E-state index contributed by atoms with van der Waals surface area (Å²) in [5.41, 5.74) is 2.74. The molecule has 1 N–H and O–H groups in total. The molecule has 30 heavy (non-hydrogen) atoms. The molecular weight excluding hydrogens is 397 g/mol. The van der Waals surface area contributed by atoms with Crippen molar-refractivity contribution in [2.24, 2.45) is 0 Å². The van der Waals surface area contributed by atoms with Crippen LogP contribution in [0.4, 0.5) is 13.2 Å². The van der Waals surface area contributed by atoms with Crippen LogP contribution in [0.2, 0.25) is 0 Å². The molecule has 0 fully saturated rings. The Balaban J connectivity index is 1.38. The number of aromatic nitrogens is 5. The first kappa shape index (κ1) is 18.1. The summed E-state index contributed by atoms with van der Waals surface area (Å²) in [6.45, 7) is 0.0768. The summed E-state index contributed by atoms with van der Waals surface area (Å²) in [4.78, 5) is 25.3. The molecule has 5 aromatic rings. The van der Waals surface area contributed by atoms with Crippen LogP contribution in [0.3, 0.4) is 0 Å². The standard InChI is InChI=1S/C20H13F3N6O/c21-20(22,23)13-2-4-18-27-14(10-28(18)9-13)6-26-19(30)12-1-3-16-17(5-12)29-11-24-7-15(29)8-25-16/h1-5,7-11H,6H2,(H,26,30). The smallest absolute Gasteiger partial charge is 0.346 e. The van der Waals surface area contributed by atoms with Gasteiger partial charge < -0.3 is 9.72 Å². The molecular formula is C20H13F3N6O. The third-order valence-electron chi connectivity index (χ3n) is 4.76. The van der Waals surface area contributed by atoms with E-state index in [0.29, 0.717) is 16.9 Å². The van der Waals surface area contributed by atoms with Crippen LogP contribution >= 0.6 is 0 Å². The van der Waals surface area contributed by atoms with Gasteiger partial charge in [-0.3, -0.25) is 14.2 Å². The summed E-state index contributed by atoms with van der Waals surface area (Å²) in [5, 5.41) is 2.75. The monoisotopic (exact) mass is 410 g/mol. The molecule has 0 atom stereocenters. The number of nitrogens with zero attached hydrogens (tertiary/aromatic N) is 5. The van der Waals surface area contributed by atoms with Crippen LogP contribution < -0.4 is 5.32 Å². The Morgan fingerprint density at radius 1 is 1.10 bits per heavy atom. The number of imidazole rings is 2. The minimum atomic E-state index is -4.43. The van der Waals surface area contributed by atoms with E-state index in [-0.39, 0.29) is 12.5 Å². The highest BCUT2D eigenvalue weighted by Crippen LogP contribution is 2.29. The fourth-order valence-electron chi connectivity index (χ4n) is 3.27. The second-order valence-corrected chi connectivity index (χ2v) is 6.75. The van der Waals surface area contributed by atoms with Crippen LogP contribution in [0.5, 0.6) is 0 Å². The zero-order chi connectivity index (χ0) is 20.9. The summed E-state index contributed by atoms with van der Waals surface area (Å²) < 4.78 is 41.7. The minimum Gasteiger partial charge on any atom is -0.346 e. The lowest BCUT2D eigenvalue weighted by molar-refractivity contribution is -0.137.